The van der Waals surface area contributed by atoms with Gasteiger partial charge in [-0.05, 0) is 158 Å². The zero-order valence-corrected chi connectivity index (χ0v) is 37.8. The zero-order chi connectivity index (χ0) is 45.3. The van der Waals surface area contributed by atoms with Gasteiger partial charge >= 0.3 is 12.2 Å². The number of alkyl carbamates (subject to hydrolysis) is 1. The molecule has 336 valence electrons. The molecule has 3 aromatic carbocycles. The summed E-state index contributed by atoms with van der Waals surface area (Å²) in [5.74, 6) is -0.295. The van der Waals surface area contributed by atoms with Crippen LogP contribution < -0.4 is 16.0 Å². The third-order valence-corrected chi connectivity index (χ3v) is 11.6. The van der Waals surface area contributed by atoms with Crippen LogP contribution in [0.15, 0.2) is 82.0 Å². The molecule has 3 N–H and O–H groups in total. The van der Waals surface area contributed by atoms with E-state index in [2.05, 4.69) is 31.2 Å². The smallest absolute Gasteiger partial charge is 0.410 e. The Morgan fingerprint density at radius 2 is 1.44 bits per heavy atom. The van der Waals surface area contributed by atoms with Crippen molar-refractivity contribution in [3.8, 4) is 11.1 Å². The number of benzene rings is 3. The molecule has 63 heavy (non-hydrogen) atoms. The number of Topliss-reactive ketones (excluding diaryl/α,β-unsaturated/α-hetero) is 1. The molecule has 2 heterocycles. The second kappa shape index (κ2) is 20.5. The number of hydrogen-bond donors (Lipinski definition) is 3. The molecule has 1 atom stereocenters. The Morgan fingerprint density at radius 1 is 0.794 bits per heavy atom. The van der Waals surface area contributed by atoms with E-state index in [-0.39, 0.29) is 48.0 Å². The Kier molecular flexibility index (Phi) is 15.2. The Balaban J connectivity index is 1.09. The third-order valence-electron chi connectivity index (χ3n) is 11.6. The summed E-state index contributed by atoms with van der Waals surface area (Å²) in [6.45, 7) is 14.9. The van der Waals surface area contributed by atoms with Crippen molar-refractivity contribution in [2.45, 2.75) is 117 Å². The van der Waals surface area contributed by atoms with Crippen molar-refractivity contribution in [1.29, 1.82) is 0 Å². The largest absolute Gasteiger partial charge is 0.444 e. The van der Waals surface area contributed by atoms with Gasteiger partial charge in [0.2, 0.25) is 5.91 Å². The van der Waals surface area contributed by atoms with Gasteiger partial charge in [0.05, 0.1) is 0 Å². The minimum atomic E-state index is -0.618. The number of aryl methyl sites for hydroxylation is 1. The predicted molar refractivity (Wildman–Crippen MR) is 243 cm³/mol. The van der Waals surface area contributed by atoms with Gasteiger partial charge in [-0.15, -0.1) is 5.11 Å². The van der Waals surface area contributed by atoms with E-state index in [0.717, 1.165) is 40.7 Å². The van der Waals surface area contributed by atoms with Crippen molar-refractivity contribution in [2.24, 2.45) is 33.0 Å². The van der Waals surface area contributed by atoms with Gasteiger partial charge in [0, 0.05) is 60.7 Å². The number of azo groups is 1. The molecule has 0 bridgehead atoms. The Morgan fingerprint density at radius 3 is 2.06 bits per heavy atom. The van der Waals surface area contributed by atoms with Crippen LogP contribution in [-0.2, 0) is 25.5 Å². The average molecular weight is 862 g/mol. The quantitative estimate of drug-likeness (QED) is 0.153. The van der Waals surface area contributed by atoms with Gasteiger partial charge < -0.3 is 30.3 Å². The summed E-state index contributed by atoms with van der Waals surface area (Å²) in [6.07, 6.45) is 3.99. The summed E-state index contributed by atoms with van der Waals surface area (Å²) in [4.78, 5) is 72.0. The minimum absolute atomic E-state index is 0.0566. The van der Waals surface area contributed by atoms with Gasteiger partial charge in [-0.25, -0.2) is 14.6 Å². The van der Waals surface area contributed by atoms with Gasteiger partial charge in [-0.2, -0.15) is 5.11 Å². The summed E-state index contributed by atoms with van der Waals surface area (Å²) in [5, 5.41) is 17.0. The number of nitrogens with one attached hydrogen (secondary N) is 3. The van der Waals surface area contributed by atoms with Crippen molar-refractivity contribution in [3.63, 3.8) is 0 Å². The van der Waals surface area contributed by atoms with Gasteiger partial charge in [-0.1, -0.05) is 30.3 Å². The molecule has 3 aromatic rings. The van der Waals surface area contributed by atoms with Crippen LogP contribution in [0.3, 0.4) is 0 Å². The summed E-state index contributed by atoms with van der Waals surface area (Å²) < 4.78 is 10.9. The predicted octanol–water partition coefficient (Wildman–Crippen LogP) is 9.05. The number of ether oxygens (including phenoxy) is 2. The molecular formula is C49H63N7O7. The lowest BCUT2D eigenvalue weighted by Crippen LogP contribution is -2.47. The first-order valence-corrected chi connectivity index (χ1v) is 22.2. The molecule has 0 unspecified atom stereocenters. The number of ketones is 1. The molecule has 14 nitrogen and oxygen atoms in total. The zero-order valence-electron chi connectivity index (χ0n) is 37.8. The second-order valence-corrected chi connectivity index (χ2v) is 19.0. The summed E-state index contributed by atoms with van der Waals surface area (Å²) in [5.41, 5.74) is 4.59. The number of amides is 4. The van der Waals surface area contributed by atoms with Crippen LogP contribution in [0.4, 0.5) is 15.3 Å². The fraction of sp³-hybridized carbons (Fsp3) is 0.510. The number of amidine groups is 1. The molecule has 0 aromatic heterocycles. The van der Waals surface area contributed by atoms with Crippen molar-refractivity contribution in [1.82, 2.24) is 15.5 Å². The van der Waals surface area contributed by atoms with Gasteiger partial charge in [-0.3, -0.25) is 14.4 Å². The standard InChI is InChI=1S/C49H63N7O7/c1-31-8-13-37(44(58)54-40-22-24-56(25-23-40)47(61)63-49(5,6)7)27-41(31)34-14-9-32(10-15-34)26-38(45(59)53-39-20-18-36(19-21-39)43-51-30-52-55-43)28-42(57)35-16-11-33(12-17-35)29-50-46(60)62-48(2,3)4/h8-10,13-15,18-21,27,33,35,38,40H,11-12,16-17,22-26,28-30H2,1-7H3,(H,50,60)(H,53,59)(H,54,58)/t33?,35?,38-/m1/s1. The topological polar surface area (TPSA) is 180 Å². The number of hydrogen-bond acceptors (Lipinski definition) is 10. The molecule has 1 aliphatic carbocycles. The van der Waals surface area contributed by atoms with Crippen LogP contribution in [0.1, 0.15) is 114 Å². The molecule has 1 saturated heterocycles. The van der Waals surface area contributed by atoms with E-state index < -0.39 is 23.2 Å². The van der Waals surface area contributed by atoms with Gasteiger partial charge in [0.1, 0.15) is 17.0 Å². The highest BCUT2D eigenvalue weighted by molar-refractivity contribution is 6.01. The molecule has 6 rings (SSSR count). The lowest BCUT2D eigenvalue weighted by atomic mass is 9.77. The van der Waals surface area contributed by atoms with E-state index in [1.807, 2.05) is 103 Å². The summed E-state index contributed by atoms with van der Waals surface area (Å²) in [7, 11) is 0. The highest BCUT2D eigenvalue weighted by Gasteiger charge is 2.32. The van der Waals surface area contributed by atoms with Gasteiger partial charge in [0.15, 0.2) is 12.5 Å². The van der Waals surface area contributed by atoms with Crippen LogP contribution in [0.5, 0.6) is 0 Å². The van der Waals surface area contributed by atoms with Crippen molar-refractivity contribution < 1.29 is 33.4 Å². The lowest BCUT2D eigenvalue weighted by Gasteiger charge is -2.33. The van der Waals surface area contributed by atoms with Crippen molar-refractivity contribution in [2.75, 3.05) is 31.6 Å². The number of carbonyl (C=O) groups is 5. The number of aliphatic imine (C=N–C) groups is 1. The van der Waals surface area contributed by atoms with E-state index >= 15 is 0 Å². The number of carbonyl (C=O) groups excluding carboxylic acids is 5. The van der Waals surface area contributed by atoms with Crippen LogP contribution in [-0.4, -0.2) is 84.1 Å². The molecule has 4 amide bonds. The normalized spacial score (nSPS) is 18.5. The first-order chi connectivity index (χ1) is 29.9. The number of likely N-dealkylation sites (tertiary alicyclic amines) is 1. The maximum Gasteiger partial charge on any atom is 0.410 e. The Labute approximate surface area is 371 Å². The van der Waals surface area contributed by atoms with E-state index in [4.69, 9.17) is 9.47 Å². The molecule has 1 saturated carbocycles. The highest BCUT2D eigenvalue weighted by atomic mass is 16.6. The lowest BCUT2D eigenvalue weighted by molar-refractivity contribution is -0.129. The number of anilines is 1. The monoisotopic (exact) mass is 861 g/mol. The highest BCUT2D eigenvalue weighted by Crippen LogP contribution is 2.32. The molecule has 2 aliphatic heterocycles. The molecule has 3 aliphatic rings. The average Bonchev–Trinajstić information content (AvgIpc) is 3.78. The van der Waals surface area contributed by atoms with Crippen LogP contribution in [0, 0.1) is 24.7 Å². The van der Waals surface area contributed by atoms with Crippen LogP contribution in [0.2, 0.25) is 0 Å². The maximum absolute atomic E-state index is 14.0. The fourth-order valence-electron chi connectivity index (χ4n) is 8.20. The van der Waals surface area contributed by atoms with Crippen molar-refractivity contribution in [3.05, 3.63) is 89.0 Å². The summed E-state index contributed by atoms with van der Waals surface area (Å²) in [6, 6.07) is 20.9. The SMILES string of the molecule is Cc1ccc(C(=O)NC2CCN(C(=O)OC(C)(C)C)CC2)cc1-c1ccc(C[C@H](CC(=O)C2CCC(CNC(=O)OC(C)(C)C)CC2)C(=O)Nc2ccc(C3=NCN=N3)cc2)cc1. The number of nitrogens with zero attached hydrogens (tertiary/aromatic N) is 4. The molecule has 0 radical (unpaired) electrons. The minimum Gasteiger partial charge on any atom is -0.444 e. The van der Waals surface area contributed by atoms with Crippen molar-refractivity contribution >= 4 is 41.3 Å². The second-order valence-electron chi connectivity index (χ2n) is 19.0. The Bertz CT molecular complexity index is 2170. The van der Waals surface area contributed by atoms with E-state index in [1.54, 1.807) is 17.0 Å². The summed E-state index contributed by atoms with van der Waals surface area (Å²) >= 11 is 0. The third kappa shape index (κ3) is 13.8. The van der Waals surface area contributed by atoms with E-state index in [0.29, 0.717) is 75.5 Å². The Hall–Kier alpha value is -5.92. The number of piperidine rings is 1. The maximum atomic E-state index is 14.0. The molecular weight excluding hydrogens is 799 g/mol. The fourth-order valence-corrected chi connectivity index (χ4v) is 8.20. The number of rotatable bonds is 13. The van der Waals surface area contributed by atoms with E-state index in [9.17, 15) is 24.0 Å². The first-order valence-electron chi connectivity index (χ1n) is 22.2. The molecule has 2 fully saturated rings. The van der Waals surface area contributed by atoms with Gasteiger partial charge in [0.25, 0.3) is 5.91 Å². The van der Waals surface area contributed by atoms with E-state index in [1.165, 1.54) is 0 Å². The molecule has 14 heteroatoms. The van der Waals surface area contributed by atoms with Crippen LogP contribution in [0.25, 0.3) is 11.1 Å². The van der Waals surface area contributed by atoms with Crippen LogP contribution >= 0.6 is 0 Å². The first kappa shape index (κ1) is 46.6. The molecule has 0 spiro atoms.